The molecule has 0 aliphatic carbocycles. The van der Waals surface area contributed by atoms with Gasteiger partial charge >= 0.3 is 0 Å². The molecule has 0 aromatic carbocycles. The molecule has 1 unspecified atom stereocenters. The summed E-state index contributed by atoms with van der Waals surface area (Å²) in [5.41, 5.74) is 0. The molecule has 1 rings (SSSR count). The van der Waals surface area contributed by atoms with E-state index in [1.54, 1.807) is 5.84 Å². The molecule has 0 amide bonds. The van der Waals surface area contributed by atoms with E-state index in [1.807, 2.05) is 0 Å². The lowest BCUT2D eigenvalue weighted by Gasteiger charge is -2.18. The first-order valence-corrected chi connectivity index (χ1v) is 5.53. The van der Waals surface area contributed by atoms with Crippen LogP contribution in [0.15, 0.2) is 0 Å². The molecule has 76 valence electrons. The summed E-state index contributed by atoms with van der Waals surface area (Å²) in [7, 11) is 2.22. The molecule has 1 aliphatic rings. The Labute approximate surface area is 82.2 Å². The second-order valence-electron chi connectivity index (χ2n) is 4.05. The Balaban J connectivity index is 2.71. The molecule has 0 bridgehead atoms. The first kappa shape index (κ1) is 10.6. The second kappa shape index (κ2) is 4.64. The van der Waals surface area contributed by atoms with Crippen LogP contribution < -0.4 is 0 Å². The molecule has 0 saturated carbocycles. The molecule has 0 fully saturated rings. The van der Waals surface area contributed by atoms with E-state index in [9.17, 15) is 0 Å². The van der Waals surface area contributed by atoms with Crippen LogP contribution in [0.5, 0.6) is 0 Å². The molecule has 0 saturated heterocycles. The quantitative estimate of drug-likeness (QED) is 0.605. The average Bonchev–Trinajstić information content (AvgIpc) is 2.43. The first-order valence-electron chi connectivity index (χ1n) is 5.53. The third-order valence-electron chi connectivity index (χ3n) is 2.93. The summed E-state index contributed by atoms with van der Waals surface area (Å²) >= 11 is 0. The van der Waals surface area contributed by atoms with Crippen LogP contribution in [0.2, 0.25) is 0 Å². The lowest BCUT2D eigenvalue weighted by atomic mass is 10.1. The van der Waals surface area contributed by atoms with Crippen molar-refractivity contribution in [1.82, 2.24) is 4.90 Å². The Morgan fingerprint density at radius 1 is 1.46 bits per heavy atom. The van der Waals surface area contributed by atoms with Gasteiger partial charge < -0.3 is 0 Å². The molecule has 1 heterocycles. The Hall–Kier alpha value is -0.530. The van der Waals surface area contributed by atoms with E-state index in [-0.39, 0.29) is 0 Å². The van der Waals surface area contributed by atoms with E-state index >= 15 is 0 Å². The predicted molar refractivity (Wildman–Crippen MR) is 57.4 cm³/mol. The van der Waals surface area contributed by atoms with E-state index in [0.29, 0.717) is 0 Å². The SMILES string of the molecule is CCCN(CC)C1=[N+](C)CCC1C. The summed E-state index contributed by atoms with van der Waals surface area (Å²) in [4.78, 5) is 2.53. The van der Waals surface area contributed by atoms with Gasteiger partial charge in [0.15, 0.2) is 0 Å². The van der Waals surface area contributed by atoms with Crippen LogP contribution >= 0.6 is 0 Å². The number of rotatable bonds is 3. The van der Waals surface area contributed by atoms with Gasteiger partial charge in [0.1, 0.15) is 0 Å². The fraction of sp³-hybridized carbons (Fsp3) is 0.909. The molecule has 0 aromatic rings. The maximum atomic E-state index is 2.53. The number of nitrogens with zero attached hydrogens (tertiary/aromatic N) is 2. The normalized spacial score (nSPS) is 22.6. The van der Waals surface area contributed by atoms with E-state index < -0.39 is 0 Å². The van der Waals surface area contributed by atoms with Crippen LogP contribution in [-0.2, 0) is 0 Å². The van der Waals surface area contributed by atoms with Crippen LogP contribution in [0.1, 0.15) is 33.6 Å². The second-order valence-corrected chi connectivity index (χ2v) is 4.05. The molecule has 0 radical (unpaired) electrons. The minimum atomic E-state index is 0.761. The molecule has 0 aromatic heterocycles. The summed E-state index contributed by atoms with van der Waals surface area (Å²) in [5.74, 6) is 2.32. The maximum Gasteiger partial charge on any atom is 0.249 e. The molecule has 2 nitrogen and oxygen atoms in total. The van der Waals surface area contributed by atoms with Crippen molar-refractivity contribution in [3.63, 3.8) is 0 Å². The average molecular weight is 183 g/mol. The van der Waals surface area contributed by atoms with Gasteiger partial charge in [0, 0.05) is 0 Å². The largest absolute Gasteiger partial charge is 0.268 e. The van der Waals surface area contributed by atoms with Gasteiger partial charge in [-0.1, -0.05) is 13.8 Å². The Morgan fingerprint density at radius 2 is 2.15 bits per heavy atom. The highest BCUT2D eigenvalue weighted by Crippen LogP contribution is 2.15. The monoisotopic (exact) mass is 183 g/mol. The fourth-order valence-corrected chi connectivity index (χ4v) is 2.26. The van der Waals surface area contributed by atoms with Gasteiger partial charge in [-0.25, -0.2) is 0 Å². The molecule has 0 N–H and O–H groups in total. The van der Waals surface area contributed by atoms with Crippen molar-refractivity contribution in [3.8, 4) is 0 Å². The van der Waals surface area contributed by atoms with Gasteiger partial charge in [-0.2, -0.15) is 0 Å². The van der Waals surface area contributed by atoms with Gasteiger partial charge in [-0.15, -0.1) is 0 Å². The van der Waals surface area contributed by atoms with Crippen LogP contribution in [0, 0.1) is 5.92 Å². The van der Waals surface area contributed by atoms with Gasteiger partial charge in [-0.3, -0.25) is 9.48 Å². The van der Waals surface area contributed by atoms with E-state index in [0.717, 1.165) is 12.5 Å². The van der Waals surface area contributed by atoms with Gasteiger partial charge in [0.25, 0.3) is 0 Å². The van der Waals surface area contributed by atoms with Gasteiger partial charge in [0.2, 0.25) is 5.84 Å². The molecule has 0 spiro atoms. The fourth-order valence-electron chi connectivity index (χ4n) is 2.26. The van der Waals surface area contributed by atoms with Crippen molar-refractivity contribution in [2.45, 2.75) is 33.6 Å². The number of hydrogen-bond acceptors (Lipinski definition) is 1. The van der Waals surface area contributed by atoms with Gasteiger partial charge in [-0.05, 0) is 19.8 Å². The summed E-state index contributed by atoms with van der Waals surface area (Å²) in [6.45, 7) is 10.4. The molecule has 1 atom stereocenters. The predicted octanol–water partition coefficient (Wildman–Crippen LogP) is 1.80. The number of amidine groups is 1. The first-order chi connectivity index (χ1) is 6.20. The zero-order chi connectivity index (χ0) is 9.84. The van der Waals surface area contributed by atoms with E-state index in [4.69, 9.17) is 0 Å². The Kier molecular flexibility index (Phi) is 3.76. The highest BCUT2D eigenvalue weighted by Gasteiger charge is 2.30. The smallest absolute Gasteiger partial charge is 0.249 e. The van der Waals surface area contributed by atoms with Crippen LogP contribution in [-0.4, -0.2) is 42.0 Å². The molecular weight excluding hydrogens is 160 g/mol. The minimum Gasteiger partial charge on any atom is -0.268 e. The van der Waals surface area contributed by atoms with Crippen molar-refractivity contribution in [1.29, 1.82) is 0 Å². The van der Waals surface area contributed by atoms with Crippen molar-refractivity contribution >= 4 is 5.84 Å². The lowest BCUT2D eigenvalue weighted by molar-refractivity contribution is -0.493. The minimum absolute atomic E-state index is 0.761. The Bertz CT molecular complexity index is 196. The highest BCUT2D eigenvalue weighted by atomic mass is 15.2. The van der Waals surface area contributed by atoms with E-state index in [1.165, 1.54) is 25.9 Å². The van der Waals surface area contributed by atoms with Crippen molar-refractivity contribution in [2.75, 3.05) is 26.7 Å². The topological polar surface area (TPSA) is 6.25 Å². The summed E-state index contributed by atoms with van der Waals surface area (Å²) < 4.78 is 2.42. The molecule has 13 heavy (non-hydrogen) atoms. The lowest BCUT2D eigenvalue weighted by Crippen LogP contribution is -2.37. The summed E-state index contributed by atoms with van der Waals surface area (Å²) in [6, 6.07) is 0. The molecule has 2 heteroatoms. The highest BCUT2D eigenvalue weighted by molar-refractivity contribution is 5.80. The van der Waals surface area contributed by atoms with Crippen molar-refractivity contribution in [3.05, 3.63) is 0 Å². The van der Waals surface area contributed by atoms with Crippen LogP contribution in [0.3, 0.4) is 0 Å². The maximum absolute atomic E-state index is 2.53. The van der Waals surface area contributed by atoms with Crippen LogP contribution in [0.25, 0.3) is 0 Å². The van der Waals surface area contributed by atoms with Crippen LogP contribution in [0.4, 0.5) is 0 Å². The van der Waals surface area contributed by atoms with Gasteiger partial charge in [0.05, 0.1) is 32.6 Å². The Morgan fingerprint density at radius 3 is 2.54 bits per heavy atom. The third kappa shape index (κ3) is 2.23. The van der Waals surface area contributed by atoms with Crippen molar-refractivity contribution < 1.29 is 4.58 Å². The zero-order valence-corrected chi connectivity index (χ0v) is 9.51. The van der Waals surface area contributed by atoms with E-state index in [2.05, 4.69) is 37.3 Å². The number of hydrogen-bond donors (Lipinski definition) is 0. The zero-order valence-electron chi connectivity index (χ0n) is 9.51. The molecular formula is C11H23N2+. The molecule has 1 aliphatic heterocycles. The summed E-state index contributed by atoms with van der Waals surface area (Å²) in [6.07, 6.45) is 2.57. The summed E-state index contributed by atoms with van der Waals surface area (Å²) in [5, 5.41) is 0. The standard InChI is InChI=1S/C11H23N2/c1-5-8-13(6-2)11-10(3)7-9-12(11)4/h10H,5-9H2,1-4H3/q+1. The third-order valence-corrected chi connectivity index (χ3v) is 2.93. The van der Waals surface area contributed by atoms with Crippen molar-refractivity contribution in [2.24, 2.45) is 5.92 Å².